The minimum absolute atomic E-state index is 0.547. The first-order valence-electron chi connectivity index (χ1n) is 6.60. The SMILES string of the molecule is c1cnc(-n2ccc(-c3cnc(-c4cccnc4)s3)n2)nc1. The van der Waals surface area contributed by atoms with E-state index in [-0.39, 0.29) is 0 Å². The summed E-state index contributed by atoms with van der Waals surface area (Å²) in [7, 11) is 0. The van der Waals surface area contributed by atoms with Crippen LogP contribution in [0.3, 0.4) is 0 Å². The van der Waals surface area contributed by atoms with Crippen molar-refractivity contribution in [2.24, 2.45) is 0 Å². The molecule has 0 aliphatic heterocycles. The maximum Gasteiger partial charge on any atom is 0.250 e. The molecular formula is C15H10N6S. The van der Waals surface area contributed by atoms with Gasteiger partial charge in [0.1, 0.15) is 10.7 Å². The Labute approximate surface area is 130 Å². The van der Waals surface area contributed by atoms with Gasteiger partial charge in [-0.15, -0.1) is 11.3 Å². The van der Waals surface area contributed by atoms with Crippen LogP contribution < -0.4 is 0 Å². The number of rotatable bonds is 3. The summed E-state index contributed by atoms with van der Waals surface area (Å²) in [5.41, 5.74) is 1.85. The highest BCUT2D eigenvalue weighted by Gasteiger charge is 2.10. The highest BCUT2D eigenvalue weighted by Crippen LogP contribution is 2.30. The Balaban J connectivity index is 1.66. The quantitative estimate of drug-likeness (QED) is 0.582. The molecule has 4 rings (SSSR count). The highest BCUT2D eigenvalue weighted by atomic mass is 32.1. The lowest BCUT2D eigenvalue weighted by Gasteiger charge is -1.96. The second kappa shape index (κ2) is 5.45. The second-order valence-electron chi connectivity index (χ2n) is 4.47. The van der Waals surface area contributed by atoms with E-state index in [4.69, 9.17) is 0 Å². The second-order valence-corrected chi connectivity index (χ2v) is 5.50. The summed E-state index contributed by atoms with van der Waals surface area (Å²) in [5.74, 6) is 0.547. The third kappa shape index (κ3) is 2.38. The zero-order valence-corrected chi connectivity index (χ0v) is 12.2. The Bertz CT molecular complexity index is 809. The fourth-order valence-electron chi connectivity index (χ4n) is 1.99. The van der Waals surface area contributed by atoms with E-state index in [1.54, 1.807) is 46.9 Å². The molecule has 6 nitrogen and oxygen atoms in total. The normalized spacial score (nSPS) is 10.7. The summed E-state index contributed by atoms with van der Waals surface area (Å²) in [6.07, 6.45) is 10.6. The predicted molar refractivity (Wildman–Crippen MR) is 83.5 cm³/mol. The van der Waals surface area contributed by atoms with Crippen LogP contribution in [0.1, 0.15) is 0 Å². The molecule has 0 radical (unpaired) electrons. The van der Waals surface area contributed by atoms with Crippen LogP contribution in [0.4, 0.5) is 0 Å². The molecule has 0 spiro atoms. The molecule has 0 fully saturated rings. The van der Waals surface area contributed by atoms with Crippen LogP contribution in [0.25, 0.3) is 27.1 Å². The average Bonchev–Trinajstić information content (AvgIpc) is 3.26. The van der Waals surface area contributed by atoms with E-state index in [0.717, 1.165) is 21.1 Å². The molecule has 7 heteroatoms. The van der Waals surface area contributed by atoms with Gasteiger partial charge in [0, 0.05) is 42.7 Å². The van der Waals surface area contributed by atoms with Gasteiger partial charge in [0.25, 0.3) is 0 Å². The van der Waals surface area contributed by atoms with Crippen LogP contribution in [0.5, 0.6) is 0 Å². The van der Waals surface area contributed by atoms with Crippen LogP contribution in [0, 0.1) is 0 Å². The third-order valence-electron chi connectivity index (χ3n) is 3.01. The molecular weight excluding hydrogens is 296 g/mol. The van der Waals surface area contributed by atoms with Crippen molar-refractivity contribution in [1.82, 2.24) is 29.7 Å². The molecule has 4 heterocycles. The van der Waals surface area contributed by atoms with E-state index in [1.807, 2.05) is 30.6 Å². The van der Waals surface area contributed by atoms with Crippen molar-refractivity contribution >= 4 is 11.3 Å². The minimum atomic E-state index is 0.547. The van der Waals surface area contributed by atoms with Gasteiger partial charge in [-0.05, 0) is 24.3 Å². The van der Waals surface area contributed by atoms with Crippen molar-refractivity contribution in [3.05, 3.63) is 61.4 Å². The summed E-state index contributed by atoms with van der Waals surface area (Å²) < 4.78 is 1.65. The molecule has 0 aliphatic rings. The third-order valence-corrected chi connectivity index (χ3v) is 4.08. The summed E-state index contributed by atoms with van der Waals surface area (Å²) in [4.78, 5) is 17.9. The van der Waals surface area contributed by atoms with E-state index in [2.05, 4.69) is 25.0 Å². The molecule has 0 aromatic carbocycles. The van der Waals surface area contributed by atoms with Crippen molar-refractivity contribution in [3.63, 3.8) is 0 Å². The highest BCUT2D eigenvalue weighted by molar-refractivity contribution is 7.18. The van der Waals surface area contributed by atoms with Gasteiger partial charge in [0.05, 0.1) is 4.88 Å². The zero-order valence-electron chi connectivity index (χ0n) is 11.4. The van der Waals surface area contributed by atoms with Crippen molar-refractivity contribution in [2.75, 3.05) is 0 Å². The maximum atomic E-state index is 4.50. The lowest BCUT2D eigenvalue weighted by atomic mass is 10.3. The molecule has 0 amide bonds. The fraction of sp³-hybridized carbons (Fsp3) is 0. The lowest BCUT2D eigenvalue weighted by Crippen LogP contribution is -2.00. The molecule has 0 aliphatic carbocycles. The largest absolute Gasteiger partial charge is 0.264 e. The topological polar surface area (TPSA) is 69.4 Å². The minimum Gasteiger partial charge on any atom is -0.264 e. The van der Waals surface area contributed by atoms with Crippen molar-refractivity contribution in [3.8, 4) is 27.1 Å². The van der Waals surface area contributed by atoms with Gasteiger partial charge in [-0.2, -0.15) is 5.10 Å². The molecule has 4 aromatic heterocycles. The summed E-state index contributed by atoms with van der Waals surface area (Å²) in [5, 5.41) is 5.43. The first-order valence-corrected chi connectivity index (χ1v) is 7.41. The molecule has 0 unspecified atom stereocenters. The van der Waals surface area contributed by atoms with Crippen LogP contribution in [0.2, 0.25) is 0 Å². The van der Waals surface area contributed by atoms with Crippen molar-refractivity contribution in [1.29, 1.82) is 0 Å². The van der Waals surface area contributed by atoms with Gasteiger partial charge in [-0.3, -0.25) is 4.98 Å². The first-order chi connectivity index (χ1) is 10.9. The Morgan fingerprint density at radius 1 is 0.909 bits per heavy atom. The molecule has 0 N–H and O–H groups in total. The number of thiazole rings is 1. The monoisotopic (exact) mass is 306 g/mol. The summed E-state index contributed by atoms with van der Waals surface area (Å²) >= 11 is 1.58. The Morgan fingerprint density at radius 2 is 1.82 bits per heavy atom. The van der Waals surface area contributed by atoms with Gasteiger partial charge in [-0.1, -0.05) is 0 Å². The van der Waals surface area contributed by atoms with Gasteiger partial charge >= 0.3 is 0 Å². The van der Waals surface area contributed by atoms with Gasteiger partial charge in [0.15, 0.2) is 0 Å². The van der Waals surface area contributed by atoms with E-state index in [1.165, 1.54) is 0 Å². The molecule has 0 atom stereocenters. The molecule has 22 heavy (non-hydrogen) atoms. The maximum absolute atomic E-state index is 4.50. The first kappa shape index (κ1) is 12.8. The number of hydrogen-bond acceptors (Lipinski definition) is 6. The lowest BCUT2D eigenvalue weighted by molar-refractivity contribution is 0.811. The standard InChI is InChI=1S/C15H10N6S/c1-3-11(9-16-5-1)14-19-10-13(22-14)12-4-8-21(20-12)15-17-6-2-7-18-15/h1-10H. The molecule has 106 valence electrons. The predicted octanol–water partition coefficient (Wildman–Crippen LogP) is 2.85. The molecule has 4 aromatic rings. The van der Waals surface area contributed by atoms with Crippen LogP contribution in [-0.4, -0.2) is 29.7 Å². The smallest absolute Gasteiger partial charge is 0.250 e. The summed E-state index contributed by atoms with van der Waals surface area (Å²) in [6.45, 7) is 0. The molecule has 0 saturated heterocycles. The van der Waals surface area contributed by atoms with E-state index >= 15 is 0 Å². The van der Waals surface area contributed by atoms with Gasteiger partial charge in [-0.25, -0.2) is 19.6 Å². The zero-order chi connectivity index (χ0) is 14.8. The summed E-state index contributed by atoms with van der Waals surface area (Å²) in [6, 6.07) is 7.60. The van der Waals surface area contributed by atoms with E-state index < -0.39 is 0 Å². The molecule has 0 saturated carbocycles. The van der Waals surface area contributed by atoms with Gasteiger partial charge < -0.3 is 0 Å². The number of hydrogen-bond donors (Lipinski definition) is 0. The fourth-order valence-corrected chi connectivity index (χ4v) is 2.86. The van der Waals surface area contributed by atoms with E-state index in [0.29, 0.717) is 5.95 Å². The van der Waals surface area contributed by atoms with Crippen molar-refractivity contribution in [2.45, 2.75) is 0 Å². The number of pyridine rings is 1. The number of aromatic nitrogens is 6. The van der Waals surface area contributed by atoms with Gasteiger partial charge in [0.2, 0.25) is 5.95 Å². The van der Waals surface area contributed by atoms with Crippen LogP contribution >= 0.6 is 11.3 Å². The number of nitrogens with zero attached hydrogens (tertiary/aromatic N) is 6. The Hall–Kier alpha value is -2.93. The van der Waals surface area contributed by atoms with Crippen molar-refractivity contribution < 1.29 is 0 Å². The van der Waals surface area contributed by atoms with Crippen LogP contribution in [-0.2, 0) is 0 Å². The molecule has 0 bridgehead atoms. The Morgan fingerprint density at radius 3 is 2.64 bits per heavy atom. The Kier molecular flexibility index (Phi) is 3.17. The van der Waals surface area contributed by atoms with E-state index in [9.17, 15) is 0 Å². The van der Waals surface area contributed by atoms with Crippen LogP contribution in [0.15, 0.2) is 61.4 Å². The average molecular weight is 306 g/mol.